The predicted molar refractivity (Wildman–Crippen MR) is 72.2 cm³/mol. The molecule has 0 radical (unpaired) electrons. The van der Waals surface area contributed by atoms with Crippen LogP contribution in [0.4, 0.5) is 0 Å². The zero-order chi connectivity index (χ0) is 13.0. The molecule has 0 aliphatic rings. The third-order valence-electron chi connectivity index (χ3n) is 3.16. The lowest BCUT2D eigenvalue weighted by molar-refractivity contribution is 0.335. The van der Waals surface area contributed by atoms with E-state index in [0.29, 0.717) is 5.92 Å². The van der Waals surface area contributed by atoms with Crippen LogP contribution in [0.15, 0.2) is 0 Å². The van der Waals surface area contributed by atoms with Crippen molar-refractivity contribution in [1.82, 2.24) is 14.9 Å². The zero-order valence-corrected chi connectivity index (χ0v) is 12.0. The van der Waals surface area contributed by atoms with Crippen LogP contribution >= 0.6 is 0 Å². The molecule has 3 nitrogen and oxygen atoms in total. The van der Waals surface area contributed by atoms with Crippen LogP contribution < -0.4 is 0 Å². The van der Waals surface area contributed by atoms with Gasteiger partial charge in [-0.25, -0.2) is 9.97 Å². The summed E-state index contributed by atoms with van der Waals surface area (Å²) in [6.45, 7) is 12.7. The molecule has 0 spiro atoms. The summed E-state index contributed by atoms with van der Waals surface area (Å²) >= 11 is 0. The van der Waals surface area contributed by atoms with E-state index < -0.39 is 0 Å². The van der Waals surface area contributed by atoms with Crippen molar-refractivity contribution in [2.75, 3.05) is 13.6 Å². The van der Waals surface area contributed by atoms with Gasteiger partial charge in [0.1, 0.15) is 5.82 Å². The van der Waals surface area contributed by atoms with E-state index in [2.05, 4.69) is 51.6 Å². The average molecular weight is 235 g/mol. The zero-order valence-electron chi connectivity index (χ0n) is 12.0. The van der Waals surface area contributed by atoms with Crippen LogP contribution in [-0.2, 0) is 13.0 Å². The minimum absolute atomic E-state index is 0.467. The van der Waals surface area contributed by atoms with E-state index >= 15 is 0 Å². The van der Waals surface area contributed by atoms with Crippen molar-refractivity contribution in [3.63, 3.8) is 0 Å². The number of aryl methyl sites for hydroxylation is 1. The summed E-state index contributed by atoms with van der Waals surface area (Å²) in [4.78, 5) is 11.6. The average Bonchev–Trinajstić information content (AvgIpc) is 2.30. The third-order valence-corrected chi connectivity index (χ3v) is 3.16. The highest BCUT2D eigenvalue weighted by molar-refractivity contribution is 5.26. The first-order valence-electron chi connectivity index (χ1n) is 6.54. The number of nitrogens with zero attached hydrogens (tertiary/aromatic N) is 3. The lowest BCUT2D eigenvalue weighted by Crippen LogP contribution is -2.20. The maximum atomic E-state index is 4.72. The van der Waals surface area contributed by atoms with Gasteiger partial charge in [-0.05, 0) is 38.4 Å². The van der Waals surface area contributed by atoms with E-state index in [-0.39, 0.29) is 0 Å². The van der Waals surface area contributed by atoms with E-state index in [1.807, 2.05) is 0 Å². The lowest BCUT2D eigenvalue weighted by atomic mass is 10.0. The van der Waals surface area contributed by atoms with Crippen molar-refractivity contribution < 1.29 is 0 Å². The molecule has 1 aromatic heterocycles. The van der Waals surface area contributed by atoms with Crippen molar-refractivity contribution in [2.24, 2.45) is 0 Å². The predicted octanol–water partition coefficient (Wildman–Crippen LogP) is 2.92. The summed E-state index contributed by atoms with van der Waals surface area (Å²) in [6, 6.07) is 0. The fourth-order valence-corrected chi connectivity index (χ4v) is 1.97. The van der Waals surface area contributed by atoms with Gasteiger partial charge in [-0.3, -0.25) is 4.90 Å². The Bertz CT molecular complexity index is 372. The van der Waals surface area contributed by atoms with Crippen molar-refractivity contribution in [3.05, 3.63) is 22.8 Å². The minimum Gasteiger partial charge on any atom is -0.299 e. The molecule has 0 bridgehead atoms. The maximum absolute atomic E-state index is 4.72. The van der Waals surface area contributed by atoms with Gasteiger partial charge in [0, 0.05) is 11.4 Å². The molecular weight excluding hydrogens is 210 g/mol. The monoisotopic (exact) mass is 235 g/mol. The van der Waals surface area contributed by atoms with Gasteiger partial charge in [0.25, 0.3) is 0 Å². The molecular formula is C14H25N3. The molecule has 0 saturated carbocycles. The van der Waals surface area contributed by atoms with Gasteiger partial charge in [-0.15, -0.1) is 0 Å². The Hall–Kier alpha value is -0.960. The molecule has 0 unspecified atom stereocenters. The molecule has 3 heteroatoms. The van der Waals surface area contributed by atoms with Gasteiger partial charge in [-0.2, -0.15) is 0 Å². The molecule has 0 amide bonds. The molecule has 0 saturated heterocycles. The second-order valence-electron chi connectivity index (χ2n) is 4.94. The smallest absolute Gasteiger partial charge is 0.142 e. The van der Waals surface area contributed by atoms with Gasteiger partial charge in [-0.1, -0.05) is 27.7 Å². The van der Waals surface area contributed by atoms with Gasteiger partial charge >= 0.3 is 0 Å². The summed E-state index contributed by atoms with van der Waals surface area (Å²) in [5, 5.41) is 0. The first-order valence-corrected chi connectivity index (χ1v) is 6.54. The summed E-state index contributed by atoms with van der Waals surface area (Å²) in [5.74, 6) is 1.43. The molecule has 0 fully saturated rings. The summed E-state index contributed by atoms with van der Waals surface area (Å²) in [6.07, 6.45) is 0.983. The molecule has 1 aromatic rings. The van der Waals surface area contributed by atoms with Crippen molar-refractivity contribution in [1.29, 1.82) is 0 Å². The van der Waals surface area contributed by atoms with E-state index in [4.69, 9.17) is 4.98 Å². The highest BCUT2D eigenvalue weighted by Crippen LogP contribution is 2.19. The number of hydrogen-bond acceptors (Lipinski definition) is 3. The largest absolute Gasteiger partial charge is 0.299 e. The standard InChI is InChI=1S/C14H25N3/c1-7-12-11(5)14(10(3)4)16-13(15-12)9-17(6)8-2/h10H,7-9H2,1-6H3. The molecule has 0 atom stereocenters. The van der Waals surface area contributed by atoms with E-state index in [1.165, 1.54) is 17.0 Å². The molecule has 0 aliphatic carbocycles. The number of hydrogen-bond donors (Lipinski definition) is 0. The highest BCUT2D eigenvalue weighted by Gasteiger charge is 2.13. The van der Waals surface area contributed by atoms with Gasteiger partial charge in [0.15, 0.2) is 0 Å². The molecule has 0 aromatic carbocycles. The fourth-order valence-electron chi connectivity index (χ4n) is 1.97. The quantitative estimate of drug-likeness (QED) is 0.785. The second-order valence-corrected chi connectivity index (χ2v) is 4.94. The summed E-state index contributed by atoms with van der Waals surface area (Å²) in [5.41, 5.74) is 3.67. The van der Waals surface area contributed by atoms with Crippen LogP contribution in [0.3, 0.4) is 0 Å². The van der Waals surface area contributed by atoms with Crippen LogP contribution in [0.25, 0.3) is 0 Å². The second kappa shape index (κ2) is 6.10. The molecule has 96 valence electrons. The van der Waals surface area contributed by atoms with Crippen molar-refractivity contribution >= 4 is 0 Å². The Kier molecular flexibility index (Phi) is 5.06. The summed E-state index contributed by atoms with van der Waals surface area (Å²) in [7, 11) is 2.10. The molecule has 0 aliphatic heterocycles. The number of aromatic nitrogens is 2. The van der Waals surface area contributed by atoms with E-state index in [0.717, 1.165) is 25.3 Å². The Morgan fingerprint density at radius 1 is 1.18 bits per heavy atom. The van der Waals surface area contributed by atoms with E-state index in [9.17, 15) is 0 Å². The van der Waals surface area contributed by atoms with Crippen LogP contribution in [0.1, 0.15) is 56.4 Å². The molecule has 17 heavy (non-hydrogen) atoms. The van der Waals surface area contributed by atoms with Gasteiger partial charge in [0.05, 0.1) is 6.54 Å². The van der Waals surface area contributed by atoms with Crippen LogP contribution in [0, 0.1) is 6.92 Å². The van der Waals surface area contributed by atoms with Crippen molar-refractivity contribution in [3.8, 4) is 0 Å². The topological polar surface area (TPSA) is 29.0 Å². The SMILES string of the molecule is CCc1nc(CN(C)CC)nc(C(C)C)c1C. The lowest BCUT2D eigenvalue weighted by Gasteiger charge is -2.17. The fraction of sp³-hybridized carbons (Fsp3) is 0.714. The molecule has 0 N–H and O–H groups in total. The first-order chi connectivity index (χ1) is 7.99. The van der Waals surface area contributed by atoms with Crippen LogP contribution in [-0.4, -0.2) is 28.5 Å². The maximum Gasteiger partial charge on any atom is 0.142 e. The normalized spacial score (nSPS) is 11.5. The Morgan fingerprint density at radius 2 is 1.82 bits per heavy atom. The van der Waals surface area contributed by atoms with E-state index in [1.54, 1.807) is 0 Å². The molecule has 1 heterocycles. The summed E-state index contributed by atoms with van der Waals surface area (Å²) < 4.78 is 0. The highest BCUT2D eigenvalue weighted by atomic mass is 15.1. The first kappa shape index (κ1) is 14.1. The number of rotatable bonds is 5. The van der Waals surface area contributed by atoms with Crippen LogP contribution in [0.2, 0.25) is 0 Å². The van der Waals surface area contributed by atoms with Crippen molar-refractivity contribution in [2.45, 2.75) is 53.5 Å². The Morgan fingerprint density at radius 3 is 2.29 bits per heavy atom. The van der Waals surface area contributed by atoms with Crippen LogP contribution in [0.5, 0.6) is 0 Å². The minimum atomic E-state index is 0.467. The Labute approximate surface area is 105 Å². The van der Waals surface area contributed by atoms with Gasteiger partial charge < -0.3 is 0 Å². The third kappa shape index (κ3) is 3.50. The van der Waals surface area contributed by atoms with Gasteiger partial charge in [0.2, 0.25) is 0 Å². The Balaban J connectivity index is 3.11. The molecule has 1 rings (SSSR count).